The molecule has 0 aliphatic heterocycles. The van der Waals surface area contributed by atoms with Gasteiger partial charge in [0.05, 0.1) is 16.1 Å². The third kappa shape index (κ3) is 4.41. The highest BCUT2D eigenvalue weighted by Crippen LogP contribution is 2.28. The van der Waals surface area contributed by atoms with E-state index >= 15 is 0 Å². The average molecular weight is 384 g/mol. The van der Waals surface area contributed by atoms with Crippen LogP contribution in [0.2, 0.25) is 5.02 Å². The first-order valence-electron chi connectivity index (χ1n) is 7.68. The summed E-state index contributed by atoms with van der Waals surface area (Å²) in [6.45, 7) is 0. The Kier molecular flexibility index (Phi) is 5.88. The molecule has 130 valence electrons. The topological polar surface area (TPSA) is 71.1 Å². The molecule has 0 unspecified atom stereocenters. The highest BCUT2D eigenvalue weighted by Gasteiger charge is 2.15. The first kappa shape index (κ1) is 18.0. The zero-order chi connectivity index (χ0) is 18.4. The van der Waals surface area contributed by atoms with Gasteiger partial charge in [-0.15, -0.1) is 0 Å². The summed E-state index contributed by atoms with van der Waals surface area (Å²) in [7, 11) is 0. The molecule has 1 heterocycles. The van der Waals surface area contributed by atoms with Crippen LogP contribution in [0.5, 0.6) is 0 Å². The number of hydrogen-bond acceptors (Lipinski definition) is 4. The van der Waals surface area contributed by atoms with Crippen LogP contribution < -0.4 is 10.9 Å². The van der Waals surface area contributed by atoms with Gasteiger partial charge in [0.1, 0.15) is 5.03 Å². The highest BCUT2D eigenvalue weighted by molar-refractivity contribution is 7.99. The molecule has 0 fully saturated rings. The monoisotopic (exact) mass is 383 g/mol. The summed E-state index contributed by atoms with van der Waals surface area (Å²) in [5, 5.41) is 0.851. The van der Waals surface area contributed by atoms with E-state index in [1.165, 1.54) is 11.8 Å². The Labute approximate surface area is 159 Å². The first-order chi connectivity index (χ1) is 12.6. The second-order valence-electron chi connectivity index (χ2n) is 5.16. The predicted octanol–water partition coefficient (Wildman–Crippen LogP) is 3.96. The van der Waals surface area contributed by atoms with E-state index in [0.717, 1.165) is 4.90 Å². The quantitative estimate of drug-likeness (QED) is 0.669. The highest BCUT2D eigenvalue weighted by atomic mass is 35.5. The smallest absolute Gasteiger partial charge is 0.267 e. The van der Waals surface area contributed by atoms with Crippen molar-refractivity contribution >= 4 is 35.2 Å². The molecule has 7 heteroatoms. The van der Waals surface area contributed by atoms with Gasteiger partial charge in [-0.1, -0.05) is 53.7 Å². The molecular weight excluding hydrogens is 370 g/mol. The van der Waals surface area contributed by atoms with E-state index < -0.39 is 11.8 Å². The van der Waals surface area contributed by atoms with Crippen LogP contribution in [0, 0.1) is 0 Å². The third-order valence-electron chi connectivity index (χ3n) is 3.38. The summed E-state index contributed by atoms with van der Waals surface area (Å²) in [4.78, 5) is 29.8. The minimum Gasteiger partial charge on any atom is -0.267 e. The summed E-state index contributed by atoms with van der Waals surface area (Å²) >= 11 is 7.35. The van der Waals surface area contributed by atoms with Crippen LogP contribution in [-0.2, 0) is 0 Å². The van der Waals surface area contributed by atoms with Crippen molar-refractivity contribution in [3.05, 3.63) is 89.1 Å². The third-order valence-corrected chi connectivity index (χ3v) is 4.74. The van der Waals surface area contributed by atoms with E-state index in [1.807, 2.05) is 30.3 Å². The van der Waals surface area contributed by atoms with Crippen molar-refractivity contribution in [2.45, 2.75) is 9.92 Å². The van der Waals surface area contributed by atoms with Crippen LogP contribution in [0.4, 0.5) is 0 Å². The Balaban J connectivity index is 1.70. The number of halogens is 1. The predicted molar refractivity (Wildman–Crippen MR) is 101 cm³/mol. The molecule has 0 aliphatic carbocycles. The largest absolute Gasteiger partial charge is 0.272 e. The lowest BCUT2D eigenvalue weighted by molar-refractivity contribution is 0.0844. The molecule has 2 amide bonds. The minimum atomic E-state index is -0.495. The van der Waals surface area contributed by atoms with Crippen molar-refractivity contribution < 1.29 is 9.59 Å². The van der Waals surface area contributed by atoms with Crippen molar-refractivity contribution in [2.24, 2.45) is 0 Å². The van der Waals surface area contributed by atoms with Crippen LogP contribution in [0.25, 0.3) is 0 Å². The van der Waals surface area contributed by atoms with E-state index in [-0.39, 0.29) is 5.56 Å². The Morgan fingerprint density at radius 2 is 1.42 bits per heavy atom. The lowest BCUT2D eigenvalue weighted by Crippen LogP contribution is -2.42. The van der Waals surface area contributed by atoms with E-state index in [4.69, 9.17) is 11.6 Å². The van der Waals surface area contributed by atoms with Crippen molar-refractivity contribution in [1.29, 1.82) is 0 Å². The molecule has 0 saturated carbocycles. The Morgan fingerprint density at radius 1 is 0.808 bits per heavy atom. The van der Waals surface area contributed by atoms with Crippen molar-refractivity contribution in [3.8, 4) is 0 Å². The molecule has 0 atom stereocenters. The van der Waals surface area contributed by atoms with Crippen LogP contribution >= 0.6 is 23.4 Å². The van der Waals surface area contributed by atoms with Crippen LogP contribution in [-0.4, -0.2) is 16.8 Å². The molecule has 3 rings (SSSR count). The average Bonchev–Trinajstić information content (AvgIpc) is 2.67. The van der Waals surface area contributed by atoms with Crippen molar-refractivity contribution in [2.75, 3.05) is 0 Å². The minimum absolute atomic E-state index is 0.277. The molecule has 2 aromatic carbocycles. The Hall–Kier alpha value is -2.83. The van der Waals surface area contributed by atoms with E-state index in [0.29, 0.717) is 15.6 Å². The zero-order valence-corrected chi connectivity index (χ0v) is 15.1. The fraction of sp³-hybridized carbons (Fsp3) is 0. The fourth-order valence-corrected chi connectivity index (χ4v) is 3.26. The molecule has 2 N–H and O–H groups in total. The molecule has 0 radical (unpaired) electrons. The molecule has 0 spiro atoms. The number of hydrogen-bond donors (Lipinski definition) is 2. The number of nitrogens with one attached hydrogen (secondary N) is 2. The Morgan fingerprint density at radius 3 is 2.15 bits per heavy atom. The summed E-state index contributed by atoms with van der Waals surface area (Å²) in [5.41, 5.74) is 5.41. The molecule has 5 nitrogen and oxygen atoms in total. The summed E-state index contributed by atoms with van der Waals surface area (Å²) in [6.07, 6.45) is 1.62. The molecular formula is C19H14ClN3O2S. The number of amides is 2. The van der Waals surface area contributed by atoms with Gasteiger partial charge in [-0.2, -0.15) is 0 Å². The van der Waals surface area contributed by atoms with Gasteiger partial charge in [0.2, 0.25) is 0 Å². The van der Waals surface area contributed by atoms with Gasteiger partial charge in [-0.3, -0.25) is 20.4 Å². The number of carbonyl (C=O) groups excluding carboxylic acids is 2. The summed E-state index contributed by atoms with van der Waals surface area (Å²) in [5.74, 6) is -0.956. The van der Waals surface area contributed by atoms with E-state index in [1.54, 1.807) is 42.6 Å². The van der Waals surface area contributed by atoms with Gasteiger partial charge in [0.15, 0.2) is 0 Å². The molecule has 0 saturated heterocycles. The second-order valence-corrected chi connectivity index (χ2v) is 6.63. The van der Waals surface area contributed by atoms with Crippen molar-refractivity contribution in [3.63, 3.8) is 0 Å². The standard InChI is InChI=1S/C19H14ClN3O2S/c20-16-11-5-4-9-14(16)17(24)22-23-18(25)15-10-6-12-21-19(15)26-13-7-2-1-3-8-13/h1-12H,(H,22,24)(H,23,25). The normalized spacial score (nSPS) is 10.2. The van der Waals surface area contributed by atoms with Crippen LogP contribution in [0.1, 0.15) is 20.7 Å². The van der Waals surface area contributed by atoms with E-state index in [9.17, 15) is 9.59 Å². The summed E-state index contributed by atoms with van der Waals surface area (Å²) in [6, 6.07) is 19.5. The number of rotatable bonds is 4. The van der Waals surface area contributed by atoms with Gasteiger partial charge in [-0.05, 0) is 36.4 Å². The Bertz CT molecular complexity index is 935. The number of pyridine rings is 1. The summed E-state index contributed by atoms with van der Waals surface area (Å²) < 4.78 is 0. The molecule has 3 aromatic rings. The number of carbonyl (C=O) groups is 2. The lowest BCUT2D eigenvalue weighted by atomic mass is 10.2. The van der Waals surface area contributed by atoms with Gasteiger partial charge < -0.3 is 0 Å². The number of hydrazine groups is 1. The molecule has 1 aromatic heterocycles. The van der Waals surface area contributed by atoms with Crippen LogP contribution in [0.15, 0.2) is 82.8 Å². The number of aromatic nitrogens is 1. The van der Waals surface area contributed by atoms with Gasteiger partial charge in [0, 0.05) is 11.1 Å². The van der Waals surface area contributed by atoms with Gasteiger partial charge >= 0.3 is 0 Å². The molecule has 0 aliphatic rings. The first-order valence-corrected chi connectivity index (χ1v) is 8.88. The molecule has 26 heavy (non-hydrogen) atoms. The van der Waals surface area contributed by atoms with Crippen LogP contribution in [0.3, 0.4) is 0 Å². The zero-order valence-electron chi connectivity index (χ0n) is 13.5. The van der Waals surface area contributed by atoms with E-state index in [2.05, 4.69) is 15.8 Å². The van der Waals surface area contributed by atoms with Crippen molar-refractivity contribution in [1.82, 2.24) is 15.8 Å². The lowest BCUT2D eigenvalue weighted by Gasteiger charge is -2.10. The maximum atomic E-state index is 12.5. The fourth-order valence-electron chi connectivity index (χ4n) is 2.14. The number of nitrogens with zero attached hydrogens (tertiary/aromatic N) is 1. The number of benzene rings is 2. The SMILES string of the molecule is O=C(NNC(=O)c1cccnc1Sc1ccccc1)c1ccccc1Cl. The maximum absolute atomic E-state index is 12.5. The van der Waals surface area contributed by atoms with Gasteiger partial charge in [0.25, 0.3) is 11.8 Å². The maximum Gasteiger partial charge on any atom is 0.272 e. The second kappa shape index (κ2) is 8.51. The van der Waals surface area contributed by atoms with Gasteiger partial charge in [-0.25, -0.2) is 4.98 Å². The molecule has 0 bridgehead atoms.